The number of carbonyl (C=O) groups is 2. The maximum absolute atomic E-state index is 12.0. The number of ether oxygens (including phenoxy) is 2. The van der Waals surface area contributed by atoms with Crippen molar-refractivity contribution in [2.75, 3.05) is 12.4 Å². The van der Waals surface area contributed by atoms with E-state index < -0.39 is 29.2 Å². The lowest BCUT2D eigenvalue weighted by atomic mass is 9.88. The average Bonchev–Trinajstić information content (AvgIpc) is 3.18. The summed E-state index contributed by atoms with van der Waals surface area (Å²) in [7, 11) is 1.39. The molecule has 6 nitrogen and oxygen atoms in total. The number of benzene rings is 1. The maximum atomic E-state index is 12.0. The van der Waals surface area contributed by atoms with Gasteiger partial charge in [0.15, 0.2) is 6.10 Å². The van der Waals surface area contributed by atoms with Gasteiger partial charge in [0.25, 0.3) is 0 Å². The second-order valence-electron chi connectivity index (χ2n) is 6.78. The number of amides is 1. The number of aliphatic carboxylic acids is 1. The van der Waals surface area contributed by atoms with Crippen LogP contribution in [0.25, 0.3) is 0 Å². The van der Waals surface area contributed by atoms with Crippen LogP contribution in [0.2, 0.25) is 0 Å². The number of carbonyl (C=O) groups excluding carboxylic acids is 1. The van der Waals surface area contributed by atoms with Crippen LogP contribution in [0.3, 0.4) is 0 Å². The Bertz CT molecular complexity index is 601. The van der Waals surface area contributed by atoms with Gasteiger partial charge >= 0.3 is 12.1 Å². The first-order chi connectivity index (χ1) is 10.7. The van der Waals surface area contributed by atoms with E-state index in [2.05, 4.69) is 5.32 Å². The molecule has 1 saturated carbocycles. The third-order valence-electron chi connectivity index (χ3n) is 3.85. The third kappa shape index (κ3) is 3.82. The summed E-state index contributed by atoms with van der Waals surface area (Å²) in [6, 6.07) is 7.18. The quantitative estimate of drug-likeness (QED) is 0.870. The van der Waals surface area contributed by atoms with E-state index in [0.29, 0.717) is 18.5 Å². The molecule has 0 heterocycles. The van der Waals surface area contributed by atoms with Gasteiger partial charge in [-0.2, -0.15) is 0 Å². The van der Waals surface area contributed by atoms with Crippen molar-refractivity contribution < 1.29 is 24.2 Å². The minimum atomic E-state index is -1.00. The van der Waals surface area contributed by atoms with Crippen LogP contribution in [0, 0.1) is 0 Å². The molecule has 23 heavy (non-hydrogen) atoms. The van der Waals surface area contributed by atoms with E-state index in [1.807, 2.05) is 12.1 Å². The molecule has 0 bridgehead atoms. The number of methoxy groups -OCH3 is 1. The van der Waals surface area contributed by atoms with E-state index >= 15 is 0 Å². The topological polar surface area (TPSA) is 84.9 Å². The largest absolute Gasteiger partial charge is 0.479 e. The predicted molar refractivity (Wildman–Crippen MR) is 85.6 cm³/mol. The van der Waals surface area contributed by atoms with Crippen molar-refractivity contribution in [1.82, 2.24) is 0 Å². The molecule has 2 rings (SSSR count). The molecule has 1 aliphatic carbocycles. The summed E-state index contributed by atoms with van der Waals surface area (Å²) in [6.07, 6.45) is -0.107. The van der Waals surface area contributed by atoms with Crippen LogP contribution < -0.4 is 5.32 Å². The Kier molecular flexibility index (Phi) is 4.66. The number of hydrogen-bond donors (Lipinski definition) is 2. The molecule has 1 aromatic rings. The molecule has 0 saturated heterocycles. The van der Waals surface area contributed by atoms with E-state index in [1.165, 1.54) is 7.11 Å². The lowest BCUT2D eigenvalue weighted by Crippen LogP contribution is -2.36. The number of rotatable bonds is 5. The van der Waals surface area contributed by atoms with Crippen LogP contribution in [0.1, 0.15) is 39.2 Å². The van der Waals surface area contributed by atoms with Crippen LogP contribution in [0.15, 0.2) is 24.3 Å². The molecule has 1 amide bonds. The summed E-state index contributed by atoms with van der Waals surface area (Å²) in [5, 5.41) is 12.1. The molecule has 1 unspecified atom stereocenters. The summed E-state index contributed by atoms with van der Waals surface area (Å²) >= 11 is 0. The van der Waals surface area contributed by atoms with Crippen LogP contribution in [-0.2, 0) is 19.7 Å². The van der Waals surface area contributed by atoms with Gasteiger partial charge < -0.3 is 14.6 Å². The maximum Gasteiger partial charge on any atom is 0.412 e. The first kappa shape index (κ1) is 17.3. The van der Waals surface area contributed by atoms with E-state index in [0.717, 1.165) is 5.56 Å². The Morgan fingerprint density at radius 3 is 2.35 bits per heavy atom. The first-order valence-corrected chi connectivity index (χ1v) is 7.55. The monoisotopic (exact) mass is 321 g/mol. The number of carboxylic acids is 1. The van der Waals surface area contributed by atoms with Gasteiger partial charge in [-0.1, -0.05) is 18.2 Å². The van der Waals surface area contributed by atoms with Gasteiger partial charge in [-0.15, -0.1) is 0 Å². The second-order valence-corrected chi connectivity index (χ2v) is 6.78. The van der Waals surface area contributed by atoms with Crippen LogP contribution in [0.5, 0.6) is 0 Å². The molecule has 0 radical (unpaired) electrons. The van der Waals surface area contributed by atoms with Crippen molar-refractivity contribution in [1.29, 1.82) is 0 Å². The van der Waals surface area contributed by atoms with Crippen molar-refractivity contribution in [3.8, 4) is 0 Å². The Labute approximate surface area is 135 Å². The van der Waals surface area contributed by atoms with Gasteiger partial charge in [0.2, 0.25) is 0 Å². The fourth-order valence-corrected chi connectivity index (χ4v) is 2.81. The standard InChI is InChI=1S/C17H23NO5/c1-16(2,3)23-15(21)18-12-8-6-5-7-11(12)17(9-10-17)13(22-4)14(19)20/h5-8,13H,9-10H2,1-4H3,(H,18,21)(H,19,20). The van der Waals surface area contributed by atoms with E-state index in [4.69, 9.17) is 9.47 Å². The minimum absolute atomic E-state index is 0.558. The molecule has 0 aromatic heterocycles. The number of hydrogen-bond acceptors (Lipinski definition) is 4. The van der Waals surface area contributed by atoms with Crippen molar-refractivity contribution in [3.05, 3.63) is 29.8 Å². The van der Waals surface area contributed by atoms with Gasteiger partial charge in [0.05, 0.1) is 0 Å². The third-order valence-corrected chi connectivity index (χ3v) is 3.85. The normalized spacial score (nSPS) is 17.2. The first-order valence-electron chi connectivity index (χ1n) is 7.55. The molecule has 1 aromatic carbocycles. The Balaban J connectivity index is 2.28. The SMILES string of the molecule is COC(C(=O)O)C1(c2ccccc2NC(=O)OC(C)(C)C)CC1. The Morgan fingerprint density at radius 1 is 1.26 bits per heavy atom. The Morgan fingerprint density at radius 2 is 1.87 bits per heavy atom. The van der Waals surface area contributed by atoms with Crippen LogP contribution in [-0.4, -0.2) is 36.0 Å². The molecule has 1 aliphatic rings. The number of anilines is 1. The smallest absolute Gasteiger partial charge is 0.412 e. The van der Waals surface area contributed by atoms with E-state index in [-0.39, 0.29) is 0 Å². The highest BCUT2D eigenvalue weighted by atomic mass is 16.6. The van der Waals surface area contributed by atoms with E-state index in [1.54, 1.807) is 32.9 Å². The van der Waals surface area contributed by atoms with Gasteiger partial charge in [0, 0.05) is 18.2 Å². The molecular weight excluding hydrogens is 298 g/mol. The summed E-state index contributed by atoms with van der Waals surface area (Å²) in [5.41, 5.74) is 0.112. The van der Waals surface area contributed by atoms with Gasteiger partial charge in [-0.3, -0.25) is 5.32 Å². The highest BCUT2D eigenvalue weighted by Crippen LogP contribution is 2.54. The molecule has 2 N–H and O–H groups in total. The average molecular weight is 321 g/mol. The predicted octanol–water partition coefficient (Wildman–Crippen LogP) is 3.16. The number of para-hydroxylation sites is 1. The van der Waals surface area contributed by atoms with Crippen molar-refractivity contribution in [2.24, 2.45) is 0 Å². The highest BCUT2D eigenvalue weighted by molar-refractivity contribution is 5.87. The van der Waals surface area contributed by atoms with E-state index in [9.17, 15) is 14.7 Å². The van der Waals surface area contributed by atoms with Crippen LogP contribution in [0.4, 0.5) is 10.5 Å². The molecule has 6 heteroatoms. The summed E-state index contributed by atoms with van der Waals surface area (Å²) < 4.78 is 10.5. The van der Waals surface area contributed by atoms with Gasteiger partial charge in [-0.25, -0.2) is 9.59 Å². The van der Waals surface area contributed by atoms with Crippen molar-refractivity contribution >= 4 is 17.7 Å². The lowest BCUT2D eigenvalue weighted by molar-refractivity contribution is -0.150. The van der Waals surface area contributed by atoms with Crippen LogP contribution >= 0.6 is 0 Å². The Hall–Kier alpha value is -2.08. The molecule has 0 aliphatic heterocycles. The van der Waals surface area contributed by atoms with Crippen molar-refractivity contribution in [2.45, 2.75) is 50.7 Å². The highest BCUT2D eigenvalue weighted by Gasteiger charge is 2.55. The fraction of sp³-hybridized carbons (Fsp3) is 0.529. The zero-order chi connectivity index (χ0) is 17.3. The molecule has 1 fully saturated rings. The second kappa shape index (κ2) is 6.20. The molecule has 126 valence electrons. The zero-order valence-corrected chi connectivity index (χ0v) is 13.9. The van der Waals surface area contributed by atoms with Gasteiger partial charge in [0.1, 0.15) is 5.60 Å². The zero-order valence-electron chi connectivity index (χ0n) is 13.9. The summed E-state index contributed by atoms with van der Waals surface area (Å²) in [6.45, 7) is 5.35. The number of carboxylic acid groups (broad SMARTS) is 1. The lowest BCUT2D eigenvalue weighted by Gasteiger charge is -2.26. The summed E-state index contributed by atoms with van der Waals surface area (Å²) in [4.78, 5) is 23.5. The van der Waals surface area contributed by atoms with Crippen molar-refractivity contribution in [3.63, 3.8) is 0 Å². The summed E-state index contributed by atoms with van der Waals surface area (Å²) in [5.74, 6) is -1.00. The fourth-order valence-electron chi connectivity index (χ4n) is 2.81. The molecule has 1 atom stereocenters. The van der Waals surface area contributed by atoms with Gasteiger partial charge in [-0.05, 0) is 45.2 Å². The minimum Gasteiger partial charge on any atom is -0.479 e. The molecular formula is C17H23NO5. The molecule has 0 spiro atoms. The number of nitrogens with one attached hydrogen (secondary N) is 1.